The molecule has 0 aliphatic rings. The van der Waals surface area contributed by atoms with E-state index in [4.69, 9.17) is 15.3 Å². The molecule has 1 heterocycles. The lowest BCUT2D eigenvalue weighted by Gasteiger charge is -2.09. The summed E-state index contributed by atoms with van der Waals surface area (Å²) < 4.78 is 6.34. The molecular formula is C11H13N3O4. The van der Waals surface area contributed by atoms with Crippen molar-refractivity contribution >= 4 is 22.7 Å². The molecule has 0 spiro atoms. The second-order valence-corrected chi connectivity index (χ2v) is 3.89. The standard InChI is InChI=1S/C11H13N3O4/c1-14-8-3-2-6(4-9(8)18-11(14)17)13-10(16)7(12)5-15/h2-4,7,15H,5,12H2,1H3,(H,13,16). The molecule has 96 valence electrons. The number of aromatic nitrogens is 1. The van der Waals surface area contributed by atoms with Crippen LogP contribution >= 0.6 is 0 Å². The highest BCUT2D eigenvalue weighted by molar-refractivity contribution is 5.96. The molecule has 1 amide bonds. The first kappa shape index (κ1) is 12.3. The Labute approximate surface area is 102 Å². The van der Waals surface area contributed by atoms with Gasteiger partial charge in [-0.05, 0) is 12.1 Å². The van der Waals surface area contributed by atoms with Crippen LogP contribution < -0.4 is 16.8 Å². The Morgan fingerprint density at radius 2 is 2.33 bits per heavy atom. The normalized spacial score (nSPS) is 12.6. The number of carbonyl (C=O) groups is 1. The van der Waals surface area contributed by atoms with Crippen LogP contribution in [0, 0.1) is 0 Å². The maximum absolute atomic E-state index is 11.5. The minimum atomic E-state index is -0.983. The monoisotopic (exact) mass is 251 g/mol. The van der Waals surface area contributed by atoms with Crippen LogP contribution in [0.15, 0.2) is 27.4 Å². The molecule has 0 fully saturated rings. The number of carbonyl (C=O) groups excluding carboxylic acids is 1. The highest BCUT2D eigenvalue weighted by Crippen LogP contribution is 2.17. The number of nitrogens with two attached hydrogens (primary N) is 1. The lowest BCUT2D eigenvalue weighted by Crippen LogP contribution is -2.38. The number of aliphatic hydroxyl groups is 1. The first-order valence-corrected chi connectivity index (χ1v) is 5.30. The fourth-order valence-corrected chi connectivity index (χ4v) is 1.53. The van der Waals surface area contributed by atoms with Crippen molar-refractivity contribution in [3.05, 3.63) is 28.7 Å². The number of amides is 1. The maximum Gasteiger partial charge on any atom is 0.419 e. The molecule has 0 saturated heterocycles. The number of rotatable bonds is 3. The van der Waals surface area contributed by atoms with Crippen molar-refractivity contribution < 1.29 is 14.3 Å². The van der Waals surface area contributed by atoms with Crippen LogP contribution in [0.5, 0.6) is 0 Å². The first-order valence-electron chi connectivity index (χ1n) is 5.30. The summed E-state index contributed by atoms with van der Waals surface area (Å²) in [5.74, 6) is -0.976. The molecular weight excluding hydrogens is 238 g/mol. The second kappa shape index (κ2) is 4.63. The molecule has 7 nitrogen and oxygen atoms in total. The van der Waals surface area contributed by atoms with Crippen LogP contribution in [0.2, 0.25) is 0 Å². The Hall–Kier alpha value is -2.12. The van der Waals surface area contributed by atoms with Crippen LogP contribution in [-0.2, 0) is 11.8 Å². The van der Waals surface area contributed by atoms with Crippen molar-refractivity contribution in [2.75, 3.05) is 11.9 Å². The fourth-order valence-electron chi connectivity index (χ4n) is 1.53. The van der Waals surface area contributed by atoms with Crippen LogP contribution in [0.1, 0.15) is 0 Å². The maximum atomic E-state index is 11.5. The molecule has 1 atom stereocenters. The zero-order chi connectivity index (χ0) is 13.3. The van der Waals surface area contributed by atoms with Gasteiger partial charge in [0.2, 0.25) is 5.91 Å². The van der Waals surface area contributed by atoms with Gasteiger partial charge in [-0.25, -0.2) is 4.79 Å². The number of aryl methyl sites for hydroxylation is 1. The summed E-state index contributed by atoms with van der Waals surface area (Å²) in [7, 11) is 1.59. The van der Waals surface area contributed by atoms with Gasteiger partial charge in [-0.15, -0.1) is 0 Å². The molecule has 1 unspecified atom stereocenters. The van der Waals surface area contributed by atoms with E-state index < -0.39 is 24.3 Å². The van der Waals surface area contributed by atoms with Gasteiger partial charge < -0.3 is 20.6 Å². The molecule has 0 aliphatic heterocycles. The van der Waals surface area contributed by atoms with Crippen LogP contribution in [0.25, 0.3) is 11.1 Å². The molecule has 4 N–H and O–H groups in total. The van der Waals surface area contributed by atoms with Crippen LogP contribution in [-0.4, -0.2) is 28.2 Å². The lowest BCUT2D eigenvalue weighted by molar-refractivity contribution is -0.118. The number of fused-ring (bicyclic) bond motifs is 1. The molecule has 2 rings (SSSR count). The number of nitrogens with zero attached hydrogens (tertiary/aromatic N) is 1. The summed E-state index contributed by atoms with van der Waals surface area (Å²) in [5, 5.41) is 11.3. The van der Waals surface area contributed by atoms with E-state index in [9.17, 15) is 9.59 Å². The summed E-state index contributed by atoms with van der Waals surface area (Å²) in [4.78, 5) is 22.7. The molecule has 0 radical (unpaired) electrons. The van der Waals surface area contributed by atoms with Crippen molar-refractivity contribution in [1.29, 1.82) is 0 Å². The van der Waals surface area contributed by atoms with Gasteiger partial charge in [0.05, 0.1) is 12.1 Å². The van der Waals surface area contributed by atoms with Crippen molar-refractivity contribution in [3.63, 3.8) is 0 Å². The number of aliphatic hydroxyl groups excluding tert-OH is 1. The zero-order valence-electron chi connectivity index (χ0n) is 9.71. The van der Waals surface area contributed by atoms with Crippen LogP contribution in [0.4, 0.5) is 5.69 Å². The largest absolute Gasteiger partial charge is 0.419 e. The number of nitrogens with one attached hydrogen (secondary N) is 1. The molecule has 1 aromatic carbocycles. The molecule has 0 aliphatic carbocycles. The Kier molecular flexibility index (Phi) is 3.17. The van der Waals surface area contributed by atoms with Crippen molar-refractivity contribution in [2.24, 2.45) is 12.8 Å². The third-order valence-electron chi connectivity index (χ3n) is 2.59. The van der Waals surface area contributed by atoms with Crippen molar-refractivity contribution in [2.45, 2.75) is 6.04 Å². The molecule has 0 bridgehead atoms. The Bertz CT molecular complexity index is 643. The number of hydrogen-bond acceptors (Lipinski definition) is 5. The number of benzene rings is 1. The van der Waals surface area contributed by atoms with Crippen molar-refractivity contribution in [3.8, 4) is 0 Å². The summed E-state index contributed by atoms with van der Waals surface area (Å²) in [6.45, 7) is -0.436. The third kappa shape index (κ3) is 2.13. The van der Waals surface area contributed by atoms with E-state index in [2.05, 4.69) is 5.32 Å². The van der Waals surface area contributed by atoms with Gasteiger partial charge in [0.1, 0.15) is 6.04 Å². The summed E-state index contributed by atoms with van der Waals surface area (Å²) in [6, 6.07) is 3.82. The quantitative estimate of drug-likeness (QED) is 0.674. The van der Waals surface area contributed by atoms with Gasteiger partial charge >= 0.3 is 5.76 Å². The van der Waals surface area contributed by atoms with E-state index in [1.807, 2.05) is 0 Å². The topological polar surface area (TPSA) is 110 Å². The number of anilines is 1. The molecule has 7 heteroatoms. The van der Waals surface area contributed by atoms with E-state index in [-0.39, 0.29) is 0 Å². The van der Waals surface area contributed by atoms with Gasteiger partial charge in [-0.2, -0.15) is 0 Å². The average molecular weight is 251 g/mol. The summed E-state index contributed by atoms with van der Waals surface area (Å²) >= 11 is 0. The van der Waals surface area contributed by atoms with Gasteiger partial charge in [-0.1, -0.05) is 0 Å². The second-order valence-electron chi connectivity index (χ2n) is 3.89. The molecule has 2 aromatic rings. The molecule has 18 heavy (non-hydrogen) atoms. The SMILES string of the molecule is Cn1c(=O)oc2cc(NC(=O)C(N)CO)ccc21. The van der Waals surface area contributed by atoms with E-state index in [0.717, 1.165) is 0 Å². The minimum Gasteiger partial charge on any atom is -0.408 e. The predicted molar refractivity (Wildman–Crippen MR) is 65.1 cm³/mol. The Balaban J connectivity index is 2.31. The van der Waals surface area contributed by atoms with E-state index in [1.54, 1.807) is 19.2 Å². The van der Waals surface area contributed by atoms with Gasteiger partial charge in [0, 0.05) is 18.8 Å². The Morgan fingerprint density at radius 3 is 3.00 bits per heavy atom. The minimum absolute atomic E-state index is 0.373. The van der Waals surface area contributed by atoms with Gasteiger partial charge in [0.15, 0.2) is 5.58 Å². The summed E-state index contributed by atoms with van der Waals surface area (Å²) in [5.41, 5.74) is 6.82. The average Bonchev–Trinajstić information content (AvgIpc) is 2.63. The fraction of sp³-hybridized carbons (Fsp3) is 0.273. The van der Waals surface area contributed by atoms with E-state index in [0.29, 0.717) is 16.8 Å². The van der Waals surface area contributed by atoms with Gasteiger partial charge in [0.25, 0.3) is 0 Å². The number of oxazole rings is 1. The Morgan fingerprint density at radius 1 is 1.61 bits per heavy atom. The van der Waals surface area contributed by atoms with E-state index >= 15 is 0 Å². The van der Waals surface area contributed by atoms with E-state index in [1.165, 1.54) is 10.6 Å². The van der Waals surface area contributed by atoms with Crippen LogP contribution in [0.3, 0.4) is 0 Å². The first-order chi connectivity index (χ1) is 8.52. The number of hydrogen-bond donors (Lipinski definition) is 3. The zero-order valence-corrected chi connectivity index (χ0v) is 9.71. The van der Waals surface area contributed by atoms with Crippen molar-refractivity contribution in [1.82, 2.24) is 4.57 Å². The third-order valence-corrected chi connectivity index (χ3v) is 2.59. The molecule has 1 aromatic heterocycles. The smallest absolute Gasteiger partial charge is 0.408 e. The lowest BCUT2D eigenvalue weighted by atomic mass is 10.2. The highest BCUT2D eigenvalue weighted by atomic mass is 16.4. The van der Waals surface area contributed by atoms with Gasteiger partial charge in [-0.3, -0.25) is 9.36 Å². The molecule has 0 saturated carbocycles. The predicted octanol–water partition coefficient (Wildman–Crippen LogP) is -0.610. The summed E-state index contributed by atoms with van der Waals surface area (Å²) in [6.07, 6.45) is 0. The highest BCUT2D eigenvalue weighted by Gasteiger charge is 2.13.